The zero-order valence-corrected chi connectivity index (χ0v) is 12.4. The van der Waals surface area contributed by atoms with Crippen molar-refractivity contribution in [1.29, 1.82) is 0 Å². The van der Waals surface area contributed by atoms with Crippen LogP contribution in [0, 0.1) is 0 Å². The zero-order chi connectivity index (χ0) is 13.7. The number of rotatable bonds is 4. The highest BCUT2D eigenvalue weighted by Gasteiger charge is 1.98. The molecule has 0 amide bonds. The lowest BCUT2D eigenvalue weighted by Crippen LogP contribution is -1.99. The number of anilines is 1. The second-order valence-corrected chi connectivity index (χ2v) is 4.96. The molecule has 2 aromatic carbocycles. The Morgan fingerprint density at radius 1 is 1.05 bits per heavy atom. The lowest BCUT2D eigenvalue weighted by Gasteiger charge is -2.05. The molecule has 1 N–H and O–H groups in total. The Bertz CT molecular complexity index is 562. The molecule has 0 fully saturated rings. The van der Waals surface area contributed by atoms with Gasteiger partial charge in [0.1, 0.15) is 5.75 Å². The fourth-order valence-corrected chi connectivity index (χ4v) is 1.83. The van der Waals surface area contributed by atoms with E-state index in [4.69, 9.17) is 4.74 Å². The summed E-state index contributed by atoms with van der Waals surface area (Å²) in [5, 5.41) is 4.36. The number of ether oxygens (including phenoxy) is 1. The van der Waals surface area contributed by atoms with Gasteiger partial charge in [-0.1, -0.05) is 15.9 Å². The van der Waals surface area contributed by atoms with Gasteiger partial charge < -0.3 is 4.74 Å². The van der Waals surface area contributed by atoms with Gasteiger partial charge in [-0.15, -0.1) is 0 Å². The Balaban J connectivity index is 2.07. The molecular formula is C15H15BrN2O. The molecule has 4 heteroatoms. The van der Waals surface area contributed by atoms with Crippen molar-refractivity contribution in [2.24, 2.45) is 5.10 Å². The van der Waals surface area contributed by atoms with E-state index in [0.717, 1.165) is 27.2 Å². The normalized spacial score (nSPS) is 11.2. The van der Waals surface area contributed by atoms with Crippen LogP contribution in [0.4, 0.5) is 5.69 Å². The SMILES string of the molecule is COc1ccc(C(C)=NNc2ccc(Br)cc2)cc1. The largest absolute Gasteiger partial charge is 0.497 e. The van der Waals surface area contributed by atoms with Crippen molar-refractivity contribution in [1.82, 2.24) is 0 Å². The van der Waals surface area contributed by atoms with Gasteiger partial charge in [0.2, 0.25) is 0 Å². The summed E-state index contributed by atoms with van der Waals surface area (Å²) < 4.78 is 6.18. The maximum atomic E-state index is 5.13. The molecule has 0 saturated carbocycles. The van der Waals surface area contributed by atoms with Crippen LogP contribution in [0.25, 0.3) is 0 Å². The predicted octanol–water partition coefficient (Wildman–Crippen LogP) is 4.29. The smallest absolute Gasteiger partial charge is 0.118 e. The molecule has 3 nitrogen and oxygen atoms in total. The molecule has 19 heavy (non-hydrogen) atoms. The number of hydrogen-bond donors (Lipinski definition) is 1. The summed E-state index contributed by atoms with van der Waals surface area (Å²) in [5.41, 5.74) is 5.97. The van der Waals surface area contributed by atoms with Gasteiger partial charge in [-0.2, -0.15) is 5.10 Å². The van der Waals surface area contributed by atoms with Gasteiger partial charge in [-0.3, -0.25) is 5.43 Å². The van der Waals surface area contributed by atoms with E-state index in [-0.39, 0.29) is 0 Å². The van der Waals surface area contributed by atoms with Crippen molar-refractivity contribution in [3.8, 4) is 5.75 Å². The molecule has 0 bridgehead atoms. The lowest BCUT2D eigenvalue weighted by molar-refractivity contribution is 0.415. The van der Waals surface area contributed by atoms with Crippen LogP contribution in [0.1, 0.15) is 12.5 Å². The average molecular weight is 319 g/mol. The Morgan fingerprint density at radius 2 is 1.68 bits per heavy atom. The maximum absolute atomic E-state index is 5.13. The summed E-state index contributed by atoms with van der Waals surface area (Å²) in [6.07, 6.45) is 0. The highest BCUT2D eigenvalue weighted by Crippen LogP contribution is 2.15. The van der Waals surface area contributed by atoms with Crippen molar-refractivity contribution in [2.75, 3.05) is 12.5 Å². The number of halogens is 1. The molecule has 0 aliphatic rings. The van der Waals surface area contributed by atoms with Crippen LogP contribution < -0.4 is 10.2 Å². The van der Waals surface area contributed by atoms with E-state index in [1.807, 2.05) is 55.5 Å². The van der Waals surface area contributed by atoms with Crippen molar-refractivity contribution < 1.29 is 4.74 Å². The molecule has 0 radical (unpaired) electrons. The molecule has 0 aromatic heterocycles. The molecular weight excluding hydrogens is 304 g/mol. The number of hydrazone groups is 1. The first-order valence-corrected chi connectivity index (χ1v) is 6.68. The minimum Gasteiger partial charge on any atom is -0.497 e. The molecule has 0 heterocycles. The van der Waals surface area contributed by atoms with E-state index in [9.17, 15) is 0 Å². The average Bonchev–Trinajstić information content (AvgIpc) is 2.46. The van der Waals surface area contributed by atoms with Crippen LogP contribution in [0.2, 0.25) is 0 Å². The first-order chi connectivity index (χ1) is 9.19. The second-order valence-electron chi connectivity index (χ2n) is 4.04. The van der Waals surface area contributed by atoms with Crippen LogP contribution in [0.15, 0.2) is 58.1 Å². The number of nitrogens with one attached hydrogen (secondary N) is 1. The van der Waals surface area contributed by atoms with E-state index >= 15 is 0 Å². The molecule has 0 saturated heterocycles. The maximum Gasteiger partial charge on any atom is 0.118 e. The third kappa shape index (κ3) is 3.83. The highest BCUT2D eigenvalue weighted by molar-refractivity contribution is 9.10. The molecule has 2 rings (SSSR count). The summed E-state index contributed by atoms with van der Waals surface area (Å²) in [4.78, 5) is 0. The van der Waals surface area contributed by atoms with Crippen LogP contribution in [-0.2, 0) is 0 Å². The van der Waals surface area contributed by atoms with Gasteiger partial charge in [0.15, 0.2) is 0 Å². The van der Waals surface area contributed by atoms with E-state index in [1.165, 1.54) is 0 Å². The van der Waals surface area contributed by atoms with E-state index in [2.05, 4.69) is 26.5 Å². The summed E-state index contributed by atoms with van der Waals surface area (Å²) in [7, 11) is 1.66. The van der Waals surface area contributed by atoms with Crippen LogP contribution in [0.5, 0.6) is 5.75 Å². The molecule has 98 valence electrons. The van der Waals surface area contributed by atoms with Crippen LogP contribution in [-0.4, -0.2) is 12.8 Å². The minimum absolute atomic E-state index is 0.845. The topological polar surface area (TPSA) is 33.6 Å². The van der Waals surface area contributed by atoms with Crippen molar-refractivity contribution in [3.05, 3.63) is 58.6 Å². The fourth-order valence-electron chi connectivity index (χ4n) is 1.57. The quantitative estimate of drug-likeness (QED) is 0.673. The predicted molar refractivity (Wildman–Crippen MR) is 83.0 cm³/mol. The van der Waals surface area contributed by atoms with Crippen LogP contribution >= 0.6 is 15.9 Å². The first kappa shape index (κ1) is 13.6. The Labute approximate surface area is 121 Å². The van der Waals surface area contributed by atoms with Crippen LogP contribution in [0.3, 0.4) is 0 Å². The third-order valence-corrected chi connectivity index (χ3v) is 3.23. The molecule has 0 spiro atoms. The van der Waals surface area contributed by atoms with Crippen molar-refractivity contribution in [3.63, 3.8) is 0 Å². The van der Waals surface area contributed by atoms with E-state index in [1.54, 1.807) is 7.11 Å². The molecule has 0 unspecified atom stereocenters. The number of hydrogen-bond acceptors (Lipinski definition) is 3. The van der Waals surface area contributed by atoms with Gasteiger partial charge in [0.25, 0.3) is 0 Å². The van der Waals surface area contributed by atoms with Gasteiger partial charge in [-0.25, -0.2) is 0 Å². The summed E-state index contributed by atoms with van der Waals surface area (Å²) in [6, 6.07) is 15.7. The highest BCUT2D eigenvalue weighted by atomic mass is 79.9. The Kier molecular flexibility index (Phi) is 4.58. The molecule has 0 atom stereocenters. The van der Waals surface area contributed by atoms with Crippen molar-refractivity contribution >= 4 is 27.3 Å². The minimum atomic E-state index is 0.845. The molecule has 0 aliphatic carbocycles. The first-order valence-electron chi connectivity index (χ1n) is 5.89. The standard InChI is InChI=1S/C15H15BrN2O/c1-11(12-3-9-15(19-2)10-4-12)17-18-14-7-5-13(16)6-8-14/h3-10,18H,1-2H3. The zero-order valence-electron chi connectivity index (χ0n) is 10.9. The number of methoxy groups -OCH3 is 1. The van der Waals surface area contributed by atoms with E-state index < -0.39 is 0 Å². The lowest BCUT2D eigenvalue weighted by atomic mass is 10.1. The summed E-state index contributed by atoms with van der Waals surface area (Å²) in [6.45, 7) is 1.97. The fraction of sp³-hybridized carbons (Fsp3) is 0.133. The Hall–Kier alpha value is -1.81. The third-order valence-electron chi connectivity index (χ3n) is 2.70. The van der Waals surface area contributed by atoms with Gasteiger partial charge in [0, 0.05) is 4.47 Å². The summed E-state index contributed by atoms with van der Waals surface area (Å²) in [5.74, 6) is 0.845. The Morgan fingerprint density at radius 3 is 2.26 bits per heavy atom. The van der Waals surface area contributed by atoms with Crippen molar-refractivity contribution in [2.45, 2.75) is 6.92 Å². The van der Waals surface area contributed by atoms with E-state index in [0.29, 0.717) is 0 Å². The van der Waals surface area contributed by atoms with Gasteiger partial charge >= 0.3 is 0 Å². The molecule has 2 aromatic rings. The monoisotopic (exact) mass is 318 g/mol. The second kappa shape index (κ2) is 6.38. The molecule has 0 aliphatic heterocycles. The summed E-state index contributed by atoms with van der Waals surface area (Å²) >= 11 is 3.40. The van der Waals surface area contributed by atoms with Gasteiger partial charge in [0.05, 0.1) is 18.5 Å². The number of benzene rings is 2. The van der Waals surface area contributed by atoms with Gasteiger partial charge in [-0.05, 0) is 61.0 Å². The number of nitrogens with zero attached hydrogens (tertiary/aromatic N) is 1.